The zero-order chi connectivity index (χ0) is 68.2. The Balaban J connectivity index is 1.11. The maximum Gasteiger partial charge on any atom is 0.332 e. The standard InChI is InChI=1S/C61H99N15O17/c1-5-31-75-57-54(60(87)76(32-6-2)61(75)88)73-56(74-57)44-16-18-45(19-17-44)93-41-53(83)65-25-10-7-13-46(62)58(85)69-26-12-9-15-48(71-43(4)78)59(86)70-30-36-92-40-39-91-34-28-67-50(80)21-20-49(79)66-27-33-89-37-38-90-35-29-68-51(81)22-23-52(82)72-47(55(63)84)14-8-11-24-64-42(3)77/h16-19,46-48H,5-15,20-41,62H2,1-4H3,(H2,63,84)(H,64,77)(H,65,83)(H,66,79)(H,67,80)(H,68,81)(H,69,85)(H,70,86)(H,71,78)(H,72,82)(H,73,74)/t46-,47-,48-/m0/s1. The monoisotopic (exact) mass is 1310 g/mol. The maximum atomic E-state index is 13.1. The summed E-state index contributed by atoms with van der Waals surface area (Å²) < 4.78 is 30.3. The number of carbonyl (C=O) groups excluding carboxylic acids is 10. The van der Waals surface area contributed by atoms with Crippen molar-refractivity contribution in [1.29, 1.82) is 0 Å². The van der Waals surface area contributed by atoms with Crippen LogP contribution in [0, 0.1) is 0 Å². The van der Waals surface area contributed by atoms with Crippen LogP contribution < -0.4 is 75.3 Å². The molecule has 0 radical (unpaired) electrons. The first-order chi connectivity index (χ1) is 44.7. The van der Waals surface area contributed by atoms with E-state index in [0.717, 1.165) is 0 Å². The zero-order valence-electron chi connectivity index (χ0n) is 54.3. The fraction of sp³-hybridized carbons (Fsp3) is 0.656. The van der Waals surface area contributed by atoms with Crippen LogP contribution >= 0.6 is 0 Å². The summed E-state index contributed by atoms with van der Waals surface area (Å²) in [4.78, 5) is 155. The van der Waals surface area contributed by atoms with Crippen molar-refractivity contribution in [2.24, 2.45) is 11.5 Å². The van der Waals surface area contributed by atoms with Crippen LogP contribution in [0.3, 0.4) is 0 Å². The summed E-state index contributed by atoms with van der Waals surface area (Å²) in [6.45, 7) is 10.8. The molecule has 3 atom stereocenters. The van der Waals surface area contributed by atoms with Crippen LogP contribution in [0.25, 0.3) is 22.6 Å². The summed E-state index contributed by atoms with van der Waals surface area (Å²) in [5, 5.41) is 24.2. The Hall–Kier alpha value is -8.33. The summed E-state index contributed by atoms with van der Waals surface area (Å²) in [5.74, 6) is -2.82. The number of aromatic nitrogens is 4. The number of rotatable bonds is 52. The Bertz CT molecular complexity index is 2940. The number of unbranched alkanes of at least 4 members (excludes halogenated alkanes) is 3. The Kier molecular flexibility index (Phi) is 39.6. The van der Waals surface area contributed by atoms with E-state index in [0.29, 0.717) is 126 Å². The minimum atomic E-state index is -0.865. The summed E-state index contributed by atoms with van der Waals surface area (Å²) in [6, 6.07) is 4.45. The normalized spacial score (nSPS) is 12.0. The zero-order valence-corrected chi connectivity index (χ0v) is 54.3. The Morgan fingerprint density at radius 2 is 0.978 bits per heavy atom. The molecule has 3 aromatic rings. The molecule has 0 aliphatic heterocycles. The van der Waals surface area contributed by atoms with Gasteiger partial charge in [-0.25, -0.2) is 9.78 Å². The first kappa shape index (κ1) is 78.9. The van der Waals surface area contributed by atoms with Gasteiger partial charge in [0, 0.05) is 104 Å². The summed E-state index contributed by atoms with van der Waals surface area (Å²) >= 11 is 0. The number of aromatic amines is 1. The van der Waals surface area contributed by atoms with Crippen molar-refractivity contribution < 1.29 is 71.6 Å². The lowest BCUT2D eigenvalue weighted by molar-refractivity contribution is -0.129. The Labute approximate surface area is 541 Å². The molecule has 520 valence electrons. The first-order valence-electron chi connectivity index (χ1n) is 32.0. The highest BCUT2D eigenvalue weighted by Gasteiger charge is 2.22. The highest BCUT2D eigenvalue weighted by Crippen LogP contribution is 2.22. The van der Waals surface area contributed by atoms with Crippen molar-refractivity contribution in [3.05, 3.63) is 45.1 Å². The van der Waals surface area contributed by atoms with Crippen LogP contribution in [0.1, 0.15) is 124 Å². The van der Waals surface area contributed by atoms with Crippen molar-refractivity contribution in [3.63, 3.8) is 0 Å². The molecule has 2 heterocycles. The van der Waals surface area contributed by atoms with Gasteiger partial charge >= 0.3 is 5.69 Å². The average Bonchev–Trinajstić information content (AvgIpc) is 1.67. The second kappa shape index (κ2) is 46.7. The van der Waals surface area contributed by atoms with E-state index in [1.807, 2.05) is 13.8 Å². The maximum absolute atomic E-state index is 13.1. The molecular weight excluding hydrogens is 1210 g/mol. The van der Waals surface area contributed by atoms with Crippen LogP contribution in [0.4, 0.5) is 0 Å². The van der Waals surface area contributed by atoms with E-state index in [2.05, 4.69) is 57.8 Å². The molecule has 32 nitrogen and oxygen atoms in total. The van der Waals surface area contributed by atoms with Gasteiger partial charge < -0.3 is 88.0 Å². The fourth-order valence-corrected chi connectivity index (χ4v) is 9.05. The minimum absolute atomic E-state index is 0.0161. The van der Waals surface area contributed by atoms with Crippen molar-refractivity contribution in [2.75, 3.05) is 105 Å². The van der Waals surface area contributed by atoms with E-state index >= 15 is 0 Å². The fourth-order valence-electron chi connectivity index (χ4n) is 9.05. The number of amides is 10. The number of hydrogen-bond donors (Lipinski definition) is 12. The largest absolute Gasteiger partial charge is 0.484 e. The van der Waals surface area contributed by atoms with Crippen molar-refractivity contribution in [2.45, 2.75) is 155 Å². The molecule has 10 amide bonds. The van der Waals surface area contributed by atoms with E-state index in [1.165, 1.54) is 23.0 Å². The molecule has 0 aliphatic carbocycles. The lowest BCUT2D eigenvalue weighted by Crippen LogP contribution is -2.47. The number of imidazole rings is 1. The molecule has 0 bridgehead atoms. The number of fused-ring (bicyclic) bond motifs is 1. The summed E-state index contributed by atoms with van der Waals surface area (Å²) in [7, 11) is 0. The van der Waals surface area contributed by atoms with Gasteiger partial charge in [-0.1, -0.05) is 13.8 Å². The quantitative estimate of drug-likeness (QED) is 0.0287. The van der Waals surface area contributed by atoms with Gasteiger partial charge in [-0.15, -0.1) is 0 Å². The van der Waals surface area contributed by atoms with Gasteiger partial charge in [0.05, 0.1) is 58.9 Å². The van der Waals surface area contributed by atoms with Crippen molar-refractivity contribution in [3.8, 4) is 17.1 Å². The molecule has 0 spiro atoms. The highest BCUT2D eigenvalue weighted by molar-refractivity contribution is 5.89. The number of nitrogens with one attached hydrogen (secondary N) is 10. The number of benzene rings is 1. The molecular formula is C61H99N15O17. The minimum Gasteiger partial charge on any atom is -0.484 e. The third-order valence-corrected chi connectivity index (χ3v) is 13.9. The number of primary amides is 1. The van der Waals surface area contributed by atoms with E-state index in [9.17, 15) is 57.5 Å². The molecule has 14 N–H and O–H groups in total. The van der Waals surface area contributed by atoms with Crippen LogP contribution in [0.2, 0.25) is 0 Å². The van der Waals surface area contributed by atoms with Crippen LogP contribution in [-0.4, -0.2) is 202 Å². The molecule has 93 heavy (non-hydrogen) atoms. The predicted molar refractivity (Wildman–Crippen MR) is 343 cm³/mol. The number of hydrogen-bond acceptors (Lipinski definition) is 19. The first-order valence-corrected chi connectivity index (χ1v) is 32.0. The third-order valence-electron chi connectivity index (χ3n) is 13.9. The number of nitrogens with zero attached hydrogens (tertiary/aromatic N) is 3. The van der Waals surface area contributed by atoms with Gasteiger partial charge in [0.25, 0.3) is 11.5 Å². The molecule has 0 aliphatic rings. The van der Waals surface area contributed by atoms with Gasteiger partial charge in [0.2, 0.25) is 53.2 Å². The van der Waals surface area contributed by atoms with E-state index in [1.54, 1.807) is 24.3 Å². The lowest BCUT2D eigenvalue weighted by atomic mass is 10.1. The van der Waals surface area contributed by atoms with E-state index < -0.39 is 35.5 Å². The molecule has 0 fully saturated rings. The SMILES string of the molecule is CCCn1c(=O)c2[nH]c(-c3ccc(OCC(=O)NCCCC[C@H](N)C(=O)NCCCC[C@H](NC(C)=O)C(=O)NCCOCCOCCNC(=O)CCC(=O)NCCOCCOCCNC(=O)CCC(=O)N[C@@H](CCCCNC(C)=O)C(N)=O)cc3)nc2n(CCC)c1=O. The number of H-pyrrole nitrogens is 1. The van der Waals surface area contributed by atoms with Gasteiger partial charge in [-0.05, 0) is 94.9 Å². The Morgan fingerprint density at radius 1 is 0.516 bits per heavy atom. The van der Waals surface area contributed by atoms with Gasteiger partial charge in [-0.2, -0.15) is 0 Å². The van der Waals surface area contributed by atoms with Crippen LogP contribution in [-0.2, 0) is 80.0 Å². The third kappa shape index (κ3) is 33.7. The second-order valence-electron chi connectivity index (χ2n) is 21.8. The second-order valence-corrected chi connectivity index (χ2v) is 21.8. The smallest absolute Gasteiger partial charge is 0.332 e. The van der Waals surface area contributed by atoms with Crippen LogP contribution in [0.5, 0.6) is 5.75 Å². The molecule has 3 rings (SSSR count). The van der Waals surface area contributed by atoms with Gasteiger partial charge in [0.15, 0.2) is 12.3 Å². The highest BCUT2D eigenvalue weighted by atomic mass is 16.5. The van der Waals surface area contributed by atoms with Crippen molar-refractivity contribution in [1.82, 2.24) is 67.0 Å². The van der Waals surface area contributed by atoms with Gasteiger partial charge in [-0.3, -0.25) is 61.9 Å². The number of aryl methyl sites for hydroxylation is 1. The molecule has 1 aromatic carbocycles. The van der Waals surface area contributed by atoms with Gasteiger partial charge in [0.1, 0.15) is 29.2 Å². The molecule has 0 saturated heterocycles. The van der Waals surface area contributed by atoms with Crippen LogP contribution in [0.15, 0.2) is 33.9 Å². The van der Waals surface area contributed by atoms with E-state index in [-0.39, 0.29) is 170 Å². The summed E-state index contributed by atoms with van der Waals surface area (Å²) in [6.07, 6.45) is 5.55. The molecule has 0 saturated carbocycles. The average molecular weight is 1310 g/mol. The number of nitrogens with two attached hydrogens (primary N) is 2. The lowest BCUT2D eigenvalue weighted by Gasteiger charge is -2.18. The Morgan fingerprint density at radius 3 is 1.49 bits per heavy atom. The number of carbonyl (C=O) groups is 10. The molecule has 2 aromatic heterocycles. The predicted octanol–water partition coefficient (Wildman–Crippen LogP) is -1.47. The number of ether oxygens (including phenoxy) is 5. The molecule has 0 unspecified atom stereocenters. The molecule has 32 heteroatoms. The summed E-state index contributed by atoms with van der Waals surface area (Å²) in [5.41, 5.74) is 11.9. The topological polar surface area (TPSA) is 450 Å². The van der Waals surface area contributed by atoms with E-state index in [4.69, 9.17) is 35.2 Å². The van der Waals surface area contributed by atoms with Crippen molar-refractivity contribution >= 4 is 70.2 Å².